The van der Waals surface area contributed by atoms with Crippen LogP contribution >= 0.6 is 0 Å². The zero-order chi connectivity index (χ0) is 10.8. The van der Waals surface area contributed by atoms with Crippen LogP contribution in [0.4, 0.5) is 0 Å². The molecular formula is C11H19N3O. The fraction of sp³-hybridized carbons (Fsp3) is 0.727. The number of hydrogen-bond acceptors (Lipinski definition) is 3. The van der Waals surface area contributed by atoms with Crippen molar-refractivity contribution >= 4 is 5.91 Å². The molecule has 0 spiro atoms. The smallest absolute Gasteiger partial charge is 0.247 e. The highest BCUT2D eigenvalue weighted by Gasteiger charge is 2.23. The van der Waals surface area contributed by atoms with E-state index in [1.165, 1.54) is 5.57 Å². The molecule has 2 heterocycles. The zero-order valence-corrected chi connectivity index (χ0v) is 9.47. The molecular weight excluding hydrogens is 190 g/mol. The zero-order valence-electron chi connectivity index (χ0n) is 9.47. The minimum absolute atomic E-state index is 0.117. The van der Waals surface area contributed by atoms with Crippen LogP contribution in [0.2, 0.25) is 0 Å². The molecule has 0 aliphatic carbocycles. The first kappa shape index (κ1) is 10.6. The van der Waals surface area contributed by atoms with E-state index in [-0.39, 0.29) is 5.91 Å². The van der Waals surface area contributed by atoms with Gasteiger partial charge in [-0.15, -0.1) is 0 Å². The van der Waals surface area contributed by atoms with E-state index >= 15 is 0 Å². The summed E-state index contributed by atoms with van der Waals surface area (Å²) in [6, 6.07) is 0.339. The highest BCUT2D eigenvalue weighted by molar-refractivity contribution is 5.94. The van der Waals surface area contributed by atoms with E-state index in [4.69, 9.17) is 0 Å². The molecule has 2 N–H and O–H groups in total. The van der Waals surface area contributed by atoms with Gasteiger partial charge in [0.15, 0.2) is 0 Å². The lowest BCUT2D eigenvalue weighted by molar-refractivity contribution is -0.118. The molecule has 15 heavy (non-hydrogen) atoms. The van der Waals surface area contributed by atoms with Gasteiger partial charge in [0.1, 0.15) is 0 Å². The first-order valence-corrected chi connectivity index (χ1v) is 5.55. The Morgan fingerprint density at radius 3 is 2.73 bits per heavy atom. The predicted molar refractivity (Wildman–Crippen MR) is 59.6 cm³/mol. The van der Waals surface area contributed by atoms with Crippen LogP contribution in [0, 0.1) is 0 Å². The fourth-order valence-corrected chi connectivity index (χ4v) is 2.02. The van der Waals surface area contributed by atoms with Crippen molar-refractivity contribution in [2.24, 2.45) is 0 Å². The van der Waals surface area contributed by atoms with Crippen LogP contribution in [0.15, 0.2) is 11.1 Å². The summed E-state index contributed by atoms with van der Waals surface area (Å²) in [5.74, 6) is 0.117. The van der Waals surface area contributed by atoms with Crippen molar-refractivity contribution < 1.29 is 4.79 Å². The summed E-state index contributed by atoms with van der Waals surface area (Å²) in [6.07, 6.45) is 1.07. The number of hydrogen-bond donors (Lipinski definition) is 2. The molecule has 4 nitrogen and oxygen atoms in total. The molecule has 0 radical (unpaired) electrons. The summed E-state index contributed by atoms with van der Waals surface area (Å²) in [5.41, 5.74) is 2.15. The summed E-state index contributed by atoms with van der Waals surface area (Å²) < 4.78 is 0. The second-order valence-electron chi connectivity index (χ2n) is 4.55. The standard InChI is InChI=1S/C11H19N3O/c1-8(9-5-12-6-9)11(15)13-10-3-4-14(2)7-10/h10,12H,3-7H2,1-2H3,(H,13,15). The Bertz CT molecular complexity index is 292. The first-order chi connectivity index (χ1) is 7.16. The molecule has 4 heteroatoms. The van der Waals surface area contributed by atoms with E-state index in [1.807, 2.05) is 6.92 Å². The largest absolute Gasteiger partial charge is 0.348 e. The summed E-state index contributed by atoms with van der Waals surface area (Å²) in [6.45, 7) is 5.74. The third kappa shape index (κ3) is 2.38. The van der Waals surface area contributed by atoms with Gasteiger partial charge < -0.3 is 15.5 Å². The Hall–Kier alpha value is -0.870. The molecule has 1 amide bonds. The van der Waals surface area contributed by atoms with Crippen molar-refractivity contribution in [1.29, 1.82) is 0 Å². The van der Waals surface area contributed by atoms with Crippen LogP contribution in [0.5, 0.6) is 0 Å². The number of nitrogens with zero attached hydrogens (tertiary/aromatic N) is 1. The maximum Gasteiger partial charge on any atom is 0.247 e. The summed E-state index contributed by atoms with van der Waals surface area (Å²) in [7, 11) is 2.09. The minimum atomic E-state index is 0.117. The van der Waals surface area contributed by atoms with Crippen molar-refractivity contribution in [1.82, 2.24) is 15.5 Å². The second kappa shape index (κ2) is 4.33. The molecule has 0 aromatic heterocycles. The average molecular weight is 209 g/mol. The summed E-state index contributed by atoms with van der Waals surface area (Å²) in [5, 5.41) is 6.24. The van der Waals surface area contributed by atoms with Gasteiger partial charge >= 0.3 is 0 Å². The molecule has 2 rings (SSSR count). The van der Waals surface area contributed by atoms with Crippen LogP contribution in [0.3, 0.4) is 0 Å². The number of carbonyl (C=O) groups is 1. The molecule has 1 unspecified atom stereocenters. The predicted octanol–water partition coefficient (Wildman–Crippen LogP) is -0.274. The van der Waals surface area contributed by atoms with Crippen molar-refractivity contribution in [3.63, 3.8) is 0 Å². The van der Waals surface area contributed by atoms with Gasteiger partial charge in [-0.25, -0.2) is 0 Å². The number of likely N-dealkylation sites (tertiary alicyclic amines) is 1. The molecule has 1 atom stereocenters. The molecule has 0 aromatic carbocycles. The number of likely N-dealkylation sites (N-methyl/N-ethyl adjacent to an activating group) is 1. The number of nitrogens with one attached hydrogen (secondary N) is 2. The third-order valence-corrected chi connectivity index (χ3v) is 3.27. The Balaban J connectivity index is 1.87. The van der Waals surface area contributed by atoms with Gasteiger partial charge in [-0.2, -0.15) is 0 Å². The average Bonchev–Trinajstić information content (AvgIpc) is 2.48. The lowest BCUT2D eigenvalue weighted by Gasteiger charge is -2.22. The number of rotatable bonds is 2. The van der Waals surface area contributed by atoms with E-state index in [1.54, 1.807) is 0 Å². The van der Waals surface area contributed by atoms with Gasteiger partial charge in [-0.3, -0.25) is 4.79 Å². The Kier molecular flexibility index (Phi) is 3.07. The van der Waals surface area contributed by atoms with Crippen LogP contribution in [-0.4, -0.2) is 50.1 Å². The van der Waals surface area contributed by atoms with Gasteiger partial charge in [-0.05, 0) is 32.5 Å². The van der Waals surface area contributed by atoms with E-state index < -0.39 is 0 Å². The Labute approximate surface area is 90.7 Å². The quantitative estimate of drug-likeness (QED) is 0.615. The van der Waals surface area contributed by atoms with E-state index in [2.05, 4.69) is 22.6 Å². The molecule has 2 aliphatic rings. The van der Waals surface area contributed by atoms with Crippen LogP contribution in [0.1, 0.15) is 13.3 Å². The molecule has 0 saturated carbocycles. The molecule has 2 fully saturated rings. The first-order valence-electron chi connectivity index (χ1n) is 5.55. The highest BCUT2D eigenvalue weighted by atomic mass is 16.1. The normalized spacial score (nSPS) is 26.3. The van der Waals surface area contributed by atoms with Gasteiger partial charge in [0, 0.05) is 31.2 Å². The van der Waals surface area contributed by atoms with E-state index in [0.29, 0.717) is 6.04 Å². The van der Waals surface area contributed by atoms with E-state index in [9.17, 15) is 4.79 Å². The second-order valence-corrected chi connectivity index (χ2v) is 4.55. The SMILES string of the molecule is CC(C(=O)NC1CCN(C)C1)=C1CNC1. The maximum atomic E-state index is 11.8. The molecule has 2 aliphatic heterocycles. The lowest BCUT2D eigenvalue weighted by Crippen LogP contribution is -2.41. The van der Waals surface area contributed by atoms with Gasteiger partial charge in [-0.1, -0.05) is 0 Å². The van der Waals surface area contributed by atoms with Gasteiger partial charge in [0.25, 0.3) is 0 Å². The van der Waals surface area contributed by atoms with Crippen molar-refractivity contribution in [2.45, 2.75) is 19.4 Å². The summed E-state index contributed by atoms with van der Waals surface area (Å²) in [4.78, 5) is 14.1. The fourth-order valence-electron chi connectivity index (χ4n) is 2.02. The molecule has 84 valence electrons. The molecule has 2 saturated heterocycles. The number of amides is 1. The van der Waals surface area contributed by atoms with Gasteiger partial charge in [0.05, 0.1) is 0 Å². The van der Waals surface area contributed by atoms with E-state index in [0.717, 1.165) is 38.2 Å². The minimum Gasteiger partial charge on any atom is -0.348 e. The lowest BCUT2D eigenvalue weighted by atomic mass is 10.0. The van der Waals surface area contributed by atoms with Crippen molar-refractivity contribution in [2.75, 3.05) is 33.2 Å². The van der Waals surface area contributed by atoms with Crippen molar-refractivity contribution in [3.8, 4) is 0 Å². The Morgan fingerprint density at radius 1 is 1.53 bits per heavy atom. The summed E-state index contributed by atoms with van der Waals surface area (Å²) >= 11 is 0. The molecule has 0 bridgehead atoms. The topological polar surface area (TPSA) is 44.4 Å². The molecule has 0 aromatic rings. The van der Waals surface area contributed by atoms with Crippen LogP contribution in [-0.2, 0) is 4.79 Å². The van der Waals surface area contributed by atoms with Crippen LogP contribution in [0.25, 0.3) is 0 Å². The monoisotopic (exact) mass is 209 g/mol. The Morgan fingerprint density at radius 2 is 2.27 bits per heavy atom. The number of carbonyl (C=O) groups excluding carboxylic acids is 1. The maximum absolute atomic E-state index is 11.8. The van der Waals surface area contributed by atoms with Crippen LogP contribution < -0.4 is 10.6 Å². The van der Waals surface area contributed by atoms with Gasteiger partial charge in [0.2, 0.25) is 5.91 Å². The van der Waals surface area contributed by atoms with Crippen molar-refractivity contribution in [3.05, 3.63) is 11.1 Å². The third-order valence-electron chi connectivity index (χ3n) is 3.27. The highest BCUT2D eigenvalue weighted by Crippen LogP contribution is 2.11.